The standard InChI is InChI=1S/C33H33ClN2O4/c1-39-29-18-15-25(21-30(29)40-2)19-20-35-33(38)32(27-11-7-4-8-12-27)36(23-26-13-16-28(34)17-14-26)31(37)22-24-9-5-3-6-10-24/h3-18,21,32H,19-20,22-23H2,1-2H3,(H,35,38)/t32-/m0/s1. The van der Waals surface area contributed by atoms with Crippen LogP contribution in [0.2, 0.25) is 5.02 Å². The summed E-state index contributed by atoms with van der Waals surface area (Å²) in [6, 6.07) is 31.2. The van der Waals surface area contributed by atoms with E-state index in [2.05, 4.69) is 5.32 Å². The number of methoxy groups -OCH3 is 2. The molecule has 4 rings (SSSR count). The second-order valence-corrected chi connectivity index (χ2v) is 9.79. The van der Waals surface area contributed by atoms with Gasteiger partial charge in [-0.25, -0.2) is 0 Å². The van der Waals surface area contributed by atoms with Crippen LogP contribution in [0.15, 0.2) is 103 Å². The molecular formula is C33H33ClN2O4. The smallest absolute Gasteiger partial charge is 0.247 e. The molecule has 0 saturated heterocycles. The first kappa shape index (κ1) is 28.7. The summed E-state index contributed by atoms with van der Waals surface area (Å²) in [4.78, 5) is 29.3. The van der Waals surface area contributed by atoms with Gasteiger partial charge in [0.2, 0.25) is 11.8 Å². The summed E-state index contributed by atoms with van der Waals surface area (Å²) in [5.41, 5.74) is 3.49. The number of carbonyl (C=O) groups excluding carboxylic acids is 2. The van der Waals surface area contributed by atoms with Crippen molar-refractivity contribution in [1.82, 2.24) is 10.2 Å². The van der Waals surface area contributed by atoms with Gasteiger partial charge in [-0.1, -0.05) is 90.5 Å². The number of halogens is 1. The maximum absolute atomic E-state index is 13.8. The Morgan fingerprint density at radius 2 is 1.40 bits per heavy atom. The fraction of sp³-hybridized carbons (Fsp3) is 0.212. The highest BCUT2D eigenvalue weighted by Gasteiger charge is 2.31. The first-order valence-electron chi connectivity index (χ1n) is 13.1. The minimum atomic E-state index is -0.821. The summed E-state index contributed by atoms with van der Waals surface area (Å²) in [6.07, 6.45) is 0.763. The average Bonchev–Trinajstić information content (AvgIpc) is 2.98. The summed E-state index contributed by atoms with van der Waals surface area (Å²) in [5.74, 6) is 0.885. The number of hydrogen-bond acceptors (Lipinski definition) is 4. The Balaban J connectivity index is 1.59. The number of amides is 2. The highest BCUT2D eigenvalue weighted by Crippen LogP contribution is 2.28. The second-order valence-electron chi connectivity index (χ2n) is 9.35. The number of carbonyl (C=O) groups is 2. The topological polar surface area (TPSA) is 67.9 Å². The minimum absolute atomic E-state index is 0.148. The van der Waals surface area contributed by atoms with E-state index in [1.165, 1.54) is 0 Å². The number of rotatable bonds is 12. The molecule has 4 aromatic rings. The van der Waals surface area contributed by atoms with E-state index in [1.54, 1.807) is 31.3 Å². The molecule has 0 aliphatic rings. The molecule has 0 aliphatic carbocycles. The van der Waals surface area contributed by atoms with Crippen molar-refractivity contribution in [3.8, 4) is 11.5 Å². The molecule has 0 heterocycles. The van der Waals surface area contributed by atoms with E-state index in [-0.39, 0.29) is 24.8 Å². The van der Waals surface area contributed by atoms with E-state index in [1.807, 2.05) is 91.0 Å². The third-order valence-corrected chi connectivity index (χ3v) is 6.87. The van der Waals surface area contributed by atoms with Crippen molar-refractivity contribution < 1.29 is 19.1 Å². The van der Waals surface area contributed by atoms with Gasteiger partial charge in [-0.3, -0.25) is 9.59 Å². The Morgan fingerprint density at radius 1 is 0.775 bits per heavy atom. The van der Waals surface area contributed by atoms with Crippen molar-refractivity contribution in [2.24, 2.45) is 0 Å². The second kappa shape index (κ2) is 14.2. The number of nitrogens with zero attached hydrogens (tertiary/aromatic N) is 1. The van der Waals surface area contributed by atoms with Crippen LogP contribution in [-0.4, -0.2) is 37.5 Å². The van der Waals surface area contributed by atoms with Crippen molar-refractivity contribution in [3.05, 3.63) is 130 Å². The maximum atomic E-state index is 13.8. The number of nitrogens with one attached hydrogen (secondary N) is 1. The van der Waals surface area contributed by atoms with Crippen LogP contribution >= 0.6 is 11.6 Å². The number of hydrogen-bond donors (Lipinski definition) is 1. The lowest BCUT2D eigenvalue weighted by atomic mass is 10.0. The Labute approximate surface area is 240 Å². The molecule has 206 valence electrons. The van der Waals surface area contributed by atoms with E-state index in [9.17, 15) is 9.59 Å². The molecule has 0 spiro atoms. The summed E-state index contributed by atoms with van der Waals surface area (Å²) in [7, 11) is 3.19. The van der Waals surface area contributed by atoms with Crippen LogP contribution in [0.3, 0.4) is 0 Å². The molecule has 7 heteroatoms. The van der Waals surface area contributed by atoms with Gasteiger partial charge in [0.05, 0.1) is 20.6 Å². The van der Waals surface area contributed by atoms with Gasteiger partial charge in [-0.15, -0.1) is 0 Å². The van der Waals surface area contributed by atoms with Crippen molar-refractivity contribution >= 4 is 23.4 Å². The zero-order valence-corrected chi connectivity index (χ0v) is 23.4. The van der Waals surface area contributed by atoms with Crippen LogP contribution in [0, 0.1) is 0 Å². The van der Waals surface area contributed by atoms with Crippen molar-refractivity contribution in [2.45, 2.75) is 25.4 Å². The van der Waals surface area contributed by atoms with Gasteiger partial charge in [0.25, 0.3) is 0 Å². The molecule has 0 aromatic heterocycles. The molecule has 40 heavy (non-hydrogen) atoms. The zero-order chi connectivity index (χ0) is 28.3. The Bertz CT molecular complexity index is 1400. The first-order chi connectivity index (χ1) is 19.5. The van der Waals surface area contributed by atoms with Gasteiger partial charge in [0.15, 0.2) is 11.5 Å². The van der Waals surface area contributed by atoms with Crippen LogP contribution in [0.5, 0.6) is 11.5 Å². The fourth-order valence-corrected chi connectivity index (χ4v) is 4.68. The SMILES string of the molecule is COc1ccc(CCNC(=O)[C@H](c2ccccc2)N(Cc2ccc(Cl)cc2)C(=O)Cc2ccccc2)cc1OC. The van der Waals surface area contributed by atoms with Crippen LogP contribution < -0.4 is 14.8 Å². The Hall–Kier alpha value is -4.29. The summed E-state index contributed by atoms with van der Waals surface area (Å²) >= 11 is 6.11. The molecule has 1 atom stereocenters. The largest absolute Gasteiger partial charge is 0.493 e. The van der Waals surface area contributed by atoms with Crippen LogP contribution in [-0.2, 0) is 29.0 Å². The molecule has 2 amide bonds. The summed E-state index contributed by atoms with van der Waals surface area (Å²) in [5, 5.41) is 3.67. The van der Waals surface area contributed by atoms with Crippen molar-refractivity contribution in [1.29, 1.82) is 0 Å². The van der Waals surface area contributed by atoms with Gasteiger partial charge in [0, 0.05) is 18.1 Å². The van der Waals surface area contributed by atoms with Crippen LogP contribution in [0.4, 0.5) is 0 Å². The lowest BCUT2D eigenvalue weighted by Gasteiger charge is -2.32. The van der Waals surface area contributed by atoms with Crippen LogP contribution in [0.1, 0.15) is 28.3 Å². The molecule has 1 N–H and O–H groups in total. The molecule has 0 bridgehead atoms. The molecule has 0 aliphatic heterocycles. The van der Waals surface area contributed by atoms with Gasteiger partial charge in [-0.05, 0) is 52.9 Å². The number of ether oxygens (including phenoxy) is 2. The molecule has 0 saturated carbocycles. The Kier molecular flexibility index (Phi) is 10.2. The molecule has 0 radical (unpaired) electrons. The average molecular weight is 557 g/mol. The quantitative estimate of drug-likeness (QED) is 0.231. The predicted octanol–water partition coefficient (Wildman–Crippen LogP) is 6.03. The third kappa shape index (κ3) is 7.64. The first-order valence-corrected chi connectivity index (χ1v) is 13.5. The van der Waals surface area contributed by atoms with E-state index in [0.717, 1.165) is 22.3 Å². The molecule has 6 nitrogen and oxygen atoms in total. The third-order valence-electron chi connectivity index (χ3n) is 6.62. The van der Waals surface area contributed by atoms with E-state index in [0.29, 0.717) is 29.5 Å². The van der Waals surface area contributed by atoms with E-state index >= 15 is 0 Å². The summed E-state index contributed by atoms with van der Waals surface area (Å²) in [6.45, 7) is 0.644. The van der Waals surface area contributed by atoms with Gasteiger partial charge in [-0.2, -0.15) is 0 Å². The van der Waals surface area contributed by atoms with E-state index < -0.39 is 6.04 Å². The van der Waals surface area contributed by atoms with E-state index in [4.69, 9.17) is 21.1 Å². The fourth-order valence-electron chi connectivity index (χ4n) is 4.55. The molecule has 0 unspecified atom stereocenters. The number of benzene rings is 4. The lowest BCUT2D eigenvalue weighted by molar-refractivity contribution is -0.141. The van der Waals surface area contributed by atoms with Crippen molar-refractivity contribution in [2.75, 3.05) is 20.8 Å². The monoisotopic (exact) mass is 556 g/mol. The van der Waals surface area contributed by atoms with Gasteiger partial charge in [0.1, 0.15) is 6.04 Å². The van der Waals surface area contributed by atoms with Crippen molar-refractivity contribution in [3.63, 3.8) is 0 Å². The van der Waals surface area contributed by atoms with Gasteiger partial charge < -0.3 is 19.7 Å². The highest BCUT2D eigenvalue weighted by atomic mass is 35.5. The molecule has 0 fully saturated rings. The minimum Gasteiger partial charge on any atom is -0.493 e. The predicted molar refractivity (Wildman–Crippen MR) is 158 cm³/mol. The normalized spacial score (nSPS) is 11.4. The lowest BCUT2D eigenvalue weighted by Crippen LogP contribution is -2.44. The van der Waals surface area contributed by atoms with Crippen LogP contribution in [0.25, 0.3) is 0 Å². The molecule has 4 aromatic carbocycles. The Morgan fingerprint density at radius 3 is 2.05 bits per heavy atom. The van der Waals surface area contributed by atoms with Gasteiger partial charge >= 0.3 is 0 Å². The zero-order valence-electron chi connectivity index (χ0n) is 22.7. The highest BCUT2D eigenvalue weighted by molar-refractivity contribution is 6.30. The molecular weight excluding hydrogens is 524 g/mol. The summed E-state index contributed by atoms with van der Waals surface area (Å²) < 4.78 is 10.7. The maximum Gasteiger partial charge on any atom is 0.247 e.